The first-order chi connectivity index (χ1) is 17.9. The lowest BCUT2D eigenvalue weighted by Crippen LogP contribution is -2.29. The van der Waals surface area contributed by atoms with Gasteiger partial charge >= 0.3 is 0 Å². The van der Waals surface area contributed by atoms with Crippen LogP contribution in [0.3, 0.4) is 0 Å². The average Bonchev–Trinajstić information content (AvgIpc) is 3.38. The van der Waals surface area contributed by atoms with E-state index in [1.807, 2.05) is 78.5 Å². The van der Waals surface area contributed by atoms with Gasteiger partial charge in [-0.05, 0) is 34.5 Å². The highest BCUT2D eigenvalue weighted by atomic mass is 19.1. The van der Waals surface area contributed by atoms with Crippen LogP contribution in [0.1, 0.15) is 22.7 Å². The van der Waals surface area contributed by atoms with E-state index in [0.717, 1.165) is 27.2 Å². The fourth-order valence-electron chi connectivity index (χ4n) is 5.32. The lowest BCUT2D eigenvalue weighted by Gasteiger charge is -2.25. The maximum absolute atomic E-state index is 13.6. The summed E-state index contributed by atoms with van der Waals surface area (Å²) in [5.74, 6) is -2.04. The van der Waals surface area contributed by atoms with Crippen LogP contribution in [0.25, 0.3) is 27.4 Å². The molecular formula is C31H23FN2O3. The van der Waals surface area contributed by atoms with Crippen LogP contribution in [-0.2, 0) is 23.2 Å². The SMILES string of the molecule is Cn1cc(C2/C(=C(\O)c3cccc4ccccc34)C(=O)C(=O)N2Cc2ccc(F)cc2)c2ccccc21. The summed E-state index contributed by atoms with van der Waals surface area (Å²) < 4.78 is 15.5. The van der Waals surface area contributed by atoms with Crippen LogP contribution in [0.2, 0.25) is 0 Å². The van der Waals surface area contributed by atoms with Crippen molar-refractivity contribution in [1.29, 1.82) is 0 Å². The van der Waals surface area contributed by atoms with Crippen molar-refractivity contribution in [2.75, 3.05) is 0 Å². The zero-order chi connectivity index (χ0) is 25.7. The van der Waals surface area contributed by atoms with Gasteiger partial charge < -0.3 is 14.6 Å². The van der Waals surface area contributed by atoms with Crippen LogP contribution in [0.4, 0.5) is 4.39 Å². The highest BCUT2D eigenvalue weighted by Crippen LogP contribution is 2.43. The number of amides is 1. The van der Waals surface area contributed by atoms with Gasteiger partial charge in [-0.15, -0.1) is 0 Å². The molecule has 1 saturated heterocycles. The minimum atomic E-state index is -0.824. The number of likely N-dealkylation sites (tertiary alicyclic amines) is 1. The minimum Gasteiger partial charge on any atom is -0.507 e. The summed E-state index contributed by atoms with van der Waals surface area (Å²) >= 11 is 0. The van der Waals surface area contributed by atoms with E-state index in [-0.39, 0.29) is 23.7 Å². The fraction of sp³-hybridized carbons (Fsp3) is 0.0968. The maximum Gasteiger partial charge on any atom is 0.295 e. The van der Waals surface area contributed by atoms with Crippen LogP contribution >= 0.6 is 0 Å². The van der Waals surface area contributed by atoms with Crippen molar-refractivity contribution in [1.82, 2.24) is 9.47 Å². The van der Waals surface area contributed by atoms with Crippen molar-refractivity contribution >= 4 is 39.1 Å². The largest absolute Gasteiger partial charge is 0.507 e. The van der Waals surface area contributed by atoms with Gasteiger partial charge in [0, 0.05) is 41.8 Å². The number of para-hydroxylation sites is 1. The van der Waals surface area contributed by atoms with Crippen LogP contribution in [0.5, 0.6) is 0 Å². The molecule has 37 heavy (non-hydrogen) atoms. The lowest BCUT2D eigenvalue weighted by molar-refractivity contribution is -0.140. The number of ketones is 1. The predicted molar refractivity (Wildman–Crippen MR) is 141 cm³/mol. The third-order valence-electron chi connectivity index (χ3n) is 7.07. The third-order valence-corrected chi connectivity index (χ3v) is 7.07. The number of aryl methyl sites for hydroxylation is 1. The summed E-state index contributed by atoms with van der Waals surface area (Å²) in [4.78, 5) is 28.5. The summed E-state index contributed by atoms with van der Waals surface area (Å²) in [5.41, 5.74) is 2.89. The number of benzene rings is 4. The molecule has 0 radical (unpaired) electrons. The number of carbonyl (C=O) groups is 2. The van der Waals surface area contributed by atoms with E-state index in [4.69, 9.17) is 0 Å². The number of fused-ring (bicyclic) bond motifs is 2. The van der Waals surface area contributed by atoms with Crippen molar-refractivity contribution < 1.29 is 19.1 Å². The molecule has 1 N–H and O–H groups in total. The molecule has 1 unspecified atom stereocenters. The Balaban J connectivity index is 1.60. The Morgan fingerprint density at radius 1 is 0.865 bits per heavy atom. The number of rotatable bonds is 4. The Bertz CT molecular complexity index is 1730. The number of aromatic nitrogens is 1. The average molecular weight is 491 g/mol. The first-order valence-electron chi connectivity index (χ1n) is 12.0. The van der Waals surface area contributed by atoms with E-state index in [0.29, 0.717) is 11.1 Å². The molecule has 1 atom stereocenters. The molecule has 0 aliphatic carbocycles. The molecule has 5 aromatic rings. The summed E-state index contributed by atoms with van der Waals surface area (Å²) in [6.45, 7) is 0.0884. The quantitative estimate of drug-likeness (QED) is 0.188. The molecule has 5 nitrogen and oxygen atoms in total. The van der Waals surface area contributed by atoms with Crippen molar-refractivity contribution in [3.63, 3.8) is 0 Å². The molecule has 1 amide bonds. The van der Waals surface area contributed by atoms with E-state index >= 15 is 0 Å². The molecule has 1 aliphatic heterocycles. The second kappa shape index (κ2) is 8.75. The number of hydrogen-bond donors (Lipinski definition) is 1. The van der Waals surface area contributed by atoms with Crippen LogP contribution in [-0.4, -0.2) is 26.3 Å². The number of hydrogen-bond acceptors (Lipinski definition) is 3. The fourth-order valence-corrected chi connectivity index (χ4v) is 5.32. The molecular weight excluding hydrogens is 467 g/mol. The van der Waals surface area contributed by atoms with Crippen LogP contribution in [0, 0.1) is 5.82 Å². The summed E-state index contributed by atoms with van der Waals surface area (Å²) in [7, 11) is 1.91. The predicted octanol–water partition coefficient (Wildman–Crippen LogP) is 6.09. The van der Waals surface area contributed by atoms with Gasteiger partial charge in [0.05, 0.1) is 11.6 Å². The van der Waals surface area contributed by atoms with Gasteiger partial charge in [0.2, 0.25) is 0 Å². The highest BCUT2D eigenvalue weighted by molar-refractivity contribution is 6.46. The van der Waals surface area contributed by atoms with E-state index in [2.05, 4.69) is 0 Å². The summed E-state index contributed by atoms with van der Waals surface area (Å²) in [6, 6.07) is 25.9. The monoisotopic (exact) mass is 490 g/mol. The Hall–Kier alpha value is -4.71. The molecule has 0 bridgehead atoms. The first-order valence-corrected chi connectivity index (χ1v) is 12.0. The minimum absolute atomic E-state index is 0.0415. The number of nitrogens with zero attached hydrogens (tertiary/aromatic N) is 2. The Kier molecular flexibility index (Phi) is 5.37. The second-order valence-electron chi connectivity index (χ2n) is 9.29. The number of Topliss-reactive ketones (excluding diaryl/α,β-unsaturated/α-hetero) is 1. The van der Waals surface area contributed by atoms with Gasteiger partial charge in [0.25, 0.3) is 11.7 Å². The smallest absolute Gasteiger partial charge is 0.295 e. The second-order valence-corrected chi connectivity index (χ2v) is 9.29. The van der Waals surface area contributed by atoms with Crippen molar-refractivity contribution in [3.05, 3.63) is 125 Å². The molecule has 2 heterocycles. The van der Waals surface area contributed by atoms with Gasteiger partial charge in [0.15, 0.2) is 0 Å². The van der Waals surface area contributed by atoms with Gasteiger partial charge in [-0.3, -0.25) is 9.59 Å². The number of halogens is 1. The van der Waals surface area contributed by atoms with Gasteiger partial charge in [-0.2, -0.15) is 0 Å². The Labute approximate surface area is 212 Å². The topological polar surface area (TPSA) is 62.5 Å². The van der Waals surface area contributed by atoms with Crippen LogP contribution < -0.4 is 0 Å². The van der Waals surface area contributed by atoms with E-state index in [1.54, 1.807) is 18.2 Å². The summed E-state index contributed by atoms with van der Waals surface area (Å²) in [5, 5.41) is 14.2. The zero-order valence-electron chi connectivity index (χ0n) is 20.1. The van der Waals surface area contributed by atoms with Crippen LogP contribution in [0.15, 0.2) is 103 Å². The van der Waals surface area contributed by atoms with E-state index < -0.39 is 17.7 Å². The molecule has 0 spiro atoms. The molecule has 6 heteroatoms. The van der Waals surface area contributed by atoms with Gasteiger partial charge in [0.1, 0.15) is 11.6 Å². The lowest BCUT2D eigenvalue weighted by atomic mass is 9.93. The molecule has 0 saturated carbocycles. The molecule has 6 rings (SSSR count). The molecule has 1 fully saturated rings. The molecule has 4 aromatic carbocycles. The summed E-state index contributed by atoms with van der Waals surface area (Å²) in [6.07, 6.45) is 1.90. The van der Waals surface area contributed by atoms with E-state index in [9.17, 15) is 19.1 Å². The van der Waals surface area contributed by atoms with Crippen molar-refractivity contribution in [2.24, 2.45) is 7.05 Å². The Morgan fingerprint density at radius 2 is 1.54 bits per heavy atom. The number of carbonyl (C=O) groups excluding carboxylic acids is 2. The normalized spacial score (nSPS) is 17.2. The maximum atomic E-state index is 13.6. The Morgan fingerprint density at radius 3 is 2.32 bits per heavy atom. The molecule has 182 valence electrons. The standard InChI is InChI=1S/C31H23FN2O3/c1-33-18-25(23-10-4-5-12-26(23)33)28-27(29(35)24-11-6-8-20-7-2-3-9-22(20)24)30(36)31(37)34(28)17-19-13-15-21(32)16-14-19/h2-16,18,28,35H,17H2,1H3/b29-27+. The molecule has 1 aromatic heterocycles. The van der Waals surface area contributed by atoms with Gasteiger partial charge in [-0.1, -0.05) is 72.8 Å². The number of aliphatic hydroxyl groups is 1. The van der Waals surface area contributed by atoms with Crippen molar-refractivity contribution in [2.45, 2.75) is 12.6 Å². The zero-order valence-corrected chi connectivity index (χ0v) is 20.1. The molecule has 1 aliphatic rings. The van der Waals surface area contributed by atoms with E-state index in [1.165, 1.54) is 17.0 Å². The highest BCUT2D eigenvalue weighted by Gasteiger charge is 2.47. The van der Waals surface area contributed by atoms with Crippen molar-refractivity contribution in [3.8, 4) is 0 Å². The van der Waals surface area contributed by atoms with Gasteiger partial charge in [-0.25, -0.2) is 4.39 Å². The third kappa shape index (κ3) is 3.69. The number of aliphatic hydroxyl groups excluding tert-OH is 1. The first kappa shape index (κ1) is 22.7.